The number of aliphatic hydroxyl groups excluding tert-OH is 1. The van der Waals surface area contributed by atoms with Gasteiger partial charge in [0.05, 0.1) is 6.10 Å². The van der Waals surface area contributed by atoms with Crippen LogP contribution in [-0.2, 0) is 0 Å². The highest BCUT2D eigenvalue weighted by atomic mass is 16.3. The molecule has 1 aliphatic carbocycles. The third kappa shape index (κ3) is 3.74. The first-order valence-corrected chi connectivity index (χ1v) is 7.10. The average Bonchev–Trinajstić information content (AvgIpc) is 2.25. The fourth-order valence-corrected chi connectivity index (χ4v) is 3.06. The minimum atomic E-state index is -0.106. The van der Waals surface area contributed by atoms with E-state index in [9.17, 15) is 5.11 Å². The maximum Gasteiger partial charge on any atom is 0.0695 e. The molecule has 2 unspecified atom stereocenters. The van der Waals surface area contributed by atoms with E-state index in [2.05, 4.69) is 25.8 Å². The third-order valence-electron chi connectivity index (χ3n) is 4.24. The largest absolute Gasteiger partial charge is 0.391 e. The fraction of sp³-hybridized carbons (Fsp3) is 1.00. The second-order valence-electron chi connectivity index (χ2n) is 5.26. The van der Waals surface area contributed by atoms with Gasteiger partial charge in [0, 0.05) is 12.1 Å². The summed E-state index contributed by atoms with van der Waals surface area (Å²) in [5, 5.41) is 10.2. The van der Waals surface area contributed by atoms with Crippen molar-refractivity contribution in [3.63, 3.8) is 0 Å². The molecule has 2 heteroatoms. The first-order valence-electron chi connectivity index (χ1n) is 7.10. The lowest BCUT2D eigenvalue weighted by molar-refractivity contribution is 0.0218. The van der Waals surface area contributed by atoms with E-state index in [1.54, 1.807) is 0 Å². The van der Waals surface area contributed by atoms with Gasteiger partial charge in [0.2, 0.25) is 0 Å². The Morgan fingerprint density at radius 3 is 2.19 bits per heavy atom. The molecule has 1 aliphatic rings. The van der Waals surface area contributed by atoms with Crippen molar-refractivity contribution in [3.8, 4) is 0 Å². The summed E-state index contributed by atoms with van der Waals surface area (Å²) in [4.78, 5) is 2.44. The zero-order chi connectivity index (χ0) is 12.0. The maximum absolute atomic E-state index is 10.2. The van der Waals surface area contributed by atoms with Crippen LogP contribution in [0.1, 0.15) is 65.2 Å². The molecule has 0 spiro atoms. The molecule has 1 rings (SSSR count). The second-order valence-corrected chi connectivity index (χ2v) is 5.26. The minimum Gasteiger partial charge on any atom is -0.391 e. The highest BCUT2D eigenvalue weighted by molar-refractivity contribution is 4.82. The molecular weight excluding hydrogens is 198 g/mol. The smallest absolute Gasteiger partial charge is 0.0695 e. The van der Waals surface area contributed by atoms with E-state index in [4.69, 9.17) is 0 Å². The number of likely N-dealkylation sites (N-methyl/N-ethyl adjacent to an activating group) is 1. The highest BCUT2D eigenvalue weighted by Crippen LogP contribution is 2.23. The van der Waals surface area contributed by atoms with Crippen LogP contribution >= 0.6 is 0 Å². The van der Waals surface area contributed by atoms with E-state index in [0.717, 1.165) is 6.42 Å². The predicted octanol–water partition coefficient (Wildman–Crippen LogP) is 3.19. The van der Waals surface area contributed by atoms with Crippen molar-refractivity contribution < 1.29 is 5.11 Å². The number of hydrogen-bond acceptors (Lipinski definition) is 2. The summed E-state index contributed by atoms with van der Waals surface area (Å²) in [6.07, 6.45) is 9.58. The van der Waals surface area contributed by atoms with Crippen LogP contribution in [0.5, 0.6) is 0 Å². The topological polar surface area (TPSA) is 23.5 Å². The van der Waals surface area contributed by atoms with Crippen LogP contribution in [-0.4, -0.2) is 35.2 Å². The molecule has 2 nitrogen and oxygen atoms in total. The monoisotopic (exact) mass is 227 g/mol. The third-order valence-corrected chi connectivity index (χ3v) is 4.24. The Kier molecular flexibility index (Phi) is 6.37. The number of hydrogen-bond donors (Lipinski definition) is 1. The van der Waals surface area contributed by atoms with E-state index in [1.165, 1.54) is 44.9 Å². The molecule has 0 amide bonds. The molecule has 16 heavy (non-hydrogen) atoms. The second kappa shape index (κ2) is 7.29. The Hall–Kier alpha value is -0.0800. The molecule has 0 heterocycles. The van der Waals surface area contributed by atoms with Crippen LogP contribution in [0.2, 0.25) is 0 Å². The quantitative estimate of drug-likeness (QED) is 0.797. The van der Waals surface area contributed by atoms with E-state index in [0.29, 0.717) is 12.1 Å². The van der Waals surface area contributed by atoms with E-state index in [-0.39, 0.29) is 6.10 Å². The maximum atomic E-state index is 10.2. The SMILES string of the molecule is CCC(CC)N(C)C1CCCCCCC1O. The lowest BCUT2D eigenvalue weighted by Gasteiger charge is -2.38. The summed E-state index contributed by atoms with van der Waals surface area (Å²) in [7, 11) is 2.20. The fourth-order valence-electron chi connectivity index (χ4n) is 3.06. The molecule has 0 aromatic rings. The lowest BCUT2D eigenvalue weighted by atomic mass is 9.92. The predicted molar refractivity (Wildman–Crippen MR) is 69.6 cm³/mol. The van der Waals surface area contributed by atoms with E-state index < -0.39 is 0 Å². The van der Waals surface area contributed by atoms with Crippen molar-refractivity contribution in [1.82, 2.24) is 4.90 Å². The molecule has 0 saturated heterocycles. The minimum absolute atomic E-state index is 0.106. The zero-order valence-electron chi connectivity index (χ0n) is 11.3. The van der Waals surface area contributed by atoms with Crippen LogP contribution in [0.25, 0.3) is 0 Å². The van der Waals surface area contributed by atoms with Gasteiger partial charge in [-0.25, -0.2) is 0 Å². The van der Waals surface area contributed by atoms with Gasteiger partial charge in [-0.2, -0.15) is 0 Å². The lowest BCUT2D eigenvalue weighted by Crippen LogP contribution is -2.46. The van der Waals surface area contributed by atoms with Crippen molar-refractivity contribution >= 4 is 0 Å². The van der Waals surface area contributed by atoms with Gasteiger partial charge in [-0.05, 0) is 32.7 Å². The summed E-state index contributed by atoms with van der Waals surface area (Å²) >= 11 is 0. The number of aliphatic hydroxyl groups is 1. The molecule has 1 fully saturated rings. The molecule has 1 N–H and O–H groups in total. The molecule has 2 atom stereocenters. The average molecular weight is 227 g/mol. The highest BCUT2D eigenvalue weighted by Gasteiger charge is 2.27. The molecule has 0 aromatic heterocycles. The van der Waals surface area contributed by atoms with Gasteiger partial charge >= 0.3 is 0 Å². The summed E-state index contributed by atoms with van der Waals surface area (Å²) in [6.45, 7) is 4.50. The van der Waals surface area contributed by atoms with Gasteiger partial charge in [0.1, 0.15) is 0 Å². The molecule has 0 bridgehead atoms. The van der Waals surface area contributed by atoms with Gasteiger partial charge < -0.3 is 5.11 Å². The van der Waals surface area contributed by atoms with E-state index in [1.807, 2.05) is 0 Å². The van der Waals surface area contributed by atoms with Gasteiger partial charge in [-0.3, -0.25) is 4.90 Å². The Balaban J connectivity index is 2.58. The molecular formula is C14H29NO. The summed E-state index contributed by atoms with van der Waals surface area (Å²) in [5.74, 6) is 0. The summed E-state index contributed by atoms with van der Waals surface area (Å²) in [5.41, 5.74) is 0. The molecule has 0 aromatic carbocycles. The number of nitrogens with zero attached hydrogens (tertiary/aromatic N) is 1. The molecule has 0 radical (unpaired) electrons. The molecule has 0 aliphatic heterocycles. The van der Waals surface area contributed by atoms with Gasteiger partial charge in [-0.15, -0.1) is 0 Å². The van der Waals surface area contributed by atoms with Crippen LogP contribution < -0.4 is 0 Å². The molecule has 96 valence electrons. The first-order chi connectivity index (χ1) is 7.70. The van der Waals surface area contributed by atoms with Crippen molar-refractivity contribution in [2.24, 2.45) is 0 Å². The van der Waals surface area contributed by atoms with E-state index >= 15 is 0 Å². The summed E-state index contributed by atoms with van der Waals surface area (Å²) in [6, 6.07) is 1.03. The Labute approximate surface area is 101 Å². The Morgan fingerprint density at radius 1 is 1.06 bits per heavy atom. The Bertz CT molecular complexity index is 180. The standard InChI is InChI=1S/C14H29NO/c1-4-12(5-2)15(3)13-10-8-6-7-9-11-14(13)16/h12-14,16H,4-11H2,1-3H3. The number of rotatable bonds is 4. The van der Waals surface area contributed by atoms with Gasteiger partial charge in [0.25, 0.3) is 0 Å². The van der Waals surface area contributed by atoms with Crippen molar-refractivity contribution in [1.29, 1.82) is 0 Å². The molecule has 1 saturated carbocycles. The van der Waals surface area contributed by atoms with Crippen molar-refractivity contribution in [2.75, 3.05) is 7.05 Å². The van der Waals surface area contributed by atoms with Crippen LogP contribution in [0.3, 0.4) is 0 Å². The van der Waals surface area contributed by atoms with Crippen molar-refractivity contribution in [2.45, 2.75) is 83.4 Å². The van der Waals surface area contributed by atoms with Gasteiger partial charge in [0.15, 0.2) is 0 Å². The van der Waals surface area contributed by atoms with Crippen LogP contribution in [0.15, 0.2) is 0 Å². The zero-order valence-corrected chi connectivity index (χ0v) is 11.3. The Morgan fingerprint density at radius 2 is 1.62 bits per heavy atom. The normalized spacial score (nSPS) is 28.1. The first kappa shape index (κ1) is 14.0. The van der Waals surface area contributed by atoms with Gasteiger partial charge in [-0.1, -0.05) is 39.5 Å². The summed E-state index contributed by atoms with van der Waals surface area (Å²) < 4.78 is 0. The van der Waals surface area contributed by atoms with Crippen LogP contribution in [0.4, 0.5) is 0 Å². The van der Waals surface area contributed by atoms with Crippen molar-refractivity contribution in [3.05, 3.63) is 0 Å². The van der Waals surface area contributed by atoms with Crippen LogP contribution in [0, 0.1) is 0 Å².